The van der Waals surface area contributed by atoms with Gasteiger partial charge in [0.2, 0.25) is 0 Å². The molecule has 0 N–H and O–H groups in total. The molecule has 0 amide bonds. The fourth-order valence-corrected chi connectivity index (χ4v) is 2.58. The summed E-state index contributed by atoms with van der Waals surface area (Å²) in [6.45, 7) is 6.80. The number of benzene rings is 2. The van der Waals surface area contributed by atoms with Gasteiger partial charge in [-0.05, 0) is 44.1 Å². The second kappa shape index (κ2) is 13.0. The molecule has 2 nitrogen and oxygen atoms in total. The molecular formula is C27H30N2. The van der Waals surface area contributed by atoms with Crippen molar-refractivity contribution >= 4 is 23.6 Å². The summed E-state index contributed by atoms with van der Waals surface area (Å²) >= 11 is 0. The molecule has 0 bridgehead atoms. The van der Waals surface area contributed by atoms with Crippen LogP contribution in [0.15, 0.2) is 107 Å². The van der Waals surface area contributed by atoms with Gasteiger partial charge in [0.15, 0.2) is 0 Å². The van der Waals surface area contributed by atoms with Crippen LogP contribution in [0.1, 0.15) is 31.9 Å². The Balaban J connectivity index is 1.75. The molecule has 2 aromatic carbocycles. The van der Waals surface area contributed by atoms with Crippen LogP contribution in [0.4, 0.5) is 0 Å². The molecule has 0 aromatic heterocycles. The molecule has 0 spiro atoms. The topological polar surface area (TPSA) is 24.7 Å². The molecule has 0 radical (unpaired) electrons. The summed E-state index contributed by atoms with van der Waals surface area (Å²) in [6, 6.07) is 20.6. The summed E-state index contributed by atoms with van der Waals surface area (Å²) in [7, 11) is 0. The Morgan fingerprint density at radius 3 is 1.93 bits per heavy atom. The second-order valence-corrected chi connectivity index (χ2v) is 6.79. The Morgan fingerprint density at radius 2 is 1.34 bits per heavy atom. The van der Waals surface area contributed by atoms with E-state index in [1.165, 1.54) is 11.1 Å². The van der Waals surface area contributed by atoms with Gasteiger partial charge in [0.1, 0.15) is 0 Å². The van der Waals surface area contributed by atoms with E-state index in [0.29, 0.717) is 6.54 Å². The van der Waals surface area contributed by atoms with Crippen LogP contribution in [0.25, 0.3) is 12.2 Å². The molecule has 0 saturated heterocycles. The van der Waals surface area contributed by atoms with Crippen LogP contribution in [-0.2, 0) is 0 Å². The maximum absolute atomic E-state index is 4.66. The Bertz CT molecular complexity index is 898. The van der Waals surface area contributed by atoms with Crippen molar-refractivity contribution in [2.75, 3.05) is 6.54 Å². The van der Waals surface area contributed by atoms with Crippen molar-refractivity contribution in [2.24, 2.45) is 9.98 Å². The predicted octanol–water partition coefficient (Wildman–Crippen LogP) is 6.84. The Hall–Kier alpha value is -3.26. The maximum Gasteiger partial charge on any atom is 0.0657 e. The highest BCUT2D eigenvalue weighted by Crippen LogP contribution is 2.03. The van der Waals surface area contributed by atoms with E-state index in [9.17, 15) is 0 Å². The monoisotopic (exact) mass is 382 g/mol. The molecule has 0 heterocycles. The van der Waals surface area contributed by atoms with E-state index in [4.69, 9.17) is 0 Å². The van der Waals surface area contributed by atoms with E-state index >= 15 is 0 Å². The van der Waals surface area contributed by atoms with Gasteiger partial charge < -0.3 is 0 Å². The molecule has 2 heteroatoms. The number of hydrogen-bond donors (Lipinski definition) is 0. The largest absolute Gasteiger partial charge is 0.286 e. The first-order valence-electron chi connectivity index (χ1n) is 9.98. The molecule has 0 saturated carbocycles. The number of hydrogen-bond acceptors (Lipinski definition) is 2. The minimum absolute atomic E-state index is 0.138. The van der Waals surface area contributed by atoms with Gasteiger partial charge in [-0.25, -0.2) is 0 Å². The third-order valence-electron chi connectivity index (χ3n) is 4.12. The first-order valence-corrected chi connectivity index (χ1v) is 9.98. The van der Waals surface area contributed by atoms with Gasteiger partial charge in [0.05, 0.1) is 12.6 Å². The minimum atomic E-state index is 0.138. The lowest BCUT2D eigenvalue weighted by molar-refractivity contribution is 0.926. The lowest BCUT2D eigenvalue weighted by Crippen LogP contribution is -1.96. The van der Waals surface area contributed by atoms with Crippen LogP contribution < -0.4 is 0 Å². The van der Waals surface area contributed by atoms with Crippen molar-refractivity contribution in [1.29, 1.82) is 0 Å². The van der Waals surface area contributed by atoms with E-state index < -0.39 is 0 Å². The highest BCUT2D eigenvalue weighted by molar-refractivity contribution is 5.96. The molecule has 1 atom stereocenters. The fraction of sp³-hybridized carbons (Fsp3) is 0.185. The number of aliphatic imine (C=N–C) groups is 2. The van der Waals surface area contributed by atoms with E-state index in [1.807, 2.05) is 68.5 Å². The highest BCUT2D eigenvalue weighted by atomic mass is 14.8. The second-order valence-electron chi connectivity index (χ2n) is 6.79. The van der Waals surface area contributed by atoms with Gasteiger partial charge in [-0.1, -0.05) is 97.1 Å². The van der Waals surface area contributed by atoms with Crippen molar-refractivity contribution in [3.8, 4) is 0 Å². The third-order valence-corrected chi connectivity index (χ3v) is 4.12. The highest BCUT2D eigenvalue weighted by Gasteiger charge is 1.92. The molecular weight excluding hydrogens is 352 g/mol. The van der Waals surface area contributed by atoms with Crippen LogP contribution in [0.3, 0.4) is 0 Å². The standard InChI is InChI=1S/C27H30N2/c1-23(18-20-26-14-8-4-9-15-26)28-22-12-6-7-13-24(2)29-25(3)19-21-27-16-10-5-11-17-27/h4-21,24H,22H2,1-3H3/b12-6-,13-7-,20-18+,21-19+,28-23?,29-25?. The summed E-state index contributed by atoms with van der Waals surface area (Å²) in [6.07, 6.45) is 16.5. The molecule has 2 aromatic rings. The summed E-state index contributed by atoms with van der Waals surface area (Å²) in [5, 5.41) is 0. The zero-order chi connectivity index (χ0) is 20.7. The molecule has 0 fully saturated rings. The van der Waals surface area contributed by atoms with Crippen molar-refractivity contribution < 1.29 is 0 Å². The van der Waals surface area contributed by atoms with Crippen LogP contribution in [0.2, 0.25) is 0 Å². The zero-order valence-corrected chi connectivity index (χ0v) is 17.6. The number of rotatable bonds is 9. The molecule has 148 valence electrons. The molecule has 2 rings (SSSR count). The smallest absolute Gasteiger partial charge is 0.0657 e. The average molecular weight is 383 g/mol. The van der Waals surface area contributed by atoms with Crippen LogP contribution in [0.5, 0.6) is 0 Å². The van der Waals surface area contributed by atoms with Gasteiger partial charge in [-0.3, -0.25) is 9.98 Å². The van der Waals surface area contributed by atoms with Crippen LogP contribution in [0, 0.1) is 0 Å². The summed E-state index contributed by atoms with van der Waals surface area (Å²) < 4.78 is 0. The van der Waals surface area contributed by atoms with Crippen LogP contribution in [-0.4, -0.2) is 24.0 Å². The minimum Gasteiger partial charge on any atom is -0.286 e. The van der Waals surface area contributed by atoms with E-state index in [0.717, 1.165) is 11.4 Å². The first kappa shape index (κ1) is 22.0. The third kappa shape index (κ3) is 10.0. The Kier molecular flexibility index (Phi) is 9.88. The molecule has 0 aliphatic rings. The Morgan fingerprint density at radius 1 is 0.793 bits per heavy atom. The summed E-state index contributed by atoms with van der Waals surface area (Å²) in [5.41, 5.74) is 4.40. The number of allylic oxidation sites excluding steroid dienone is 4. The van der Waals surface area contributed by atoms with Gasteiger partial charge in [0, 0.05) is 11.4 Å². The Labute approximate surface area is 175 Å². The lowest BCUT2D eigenvalue weighted by atomic mass is 10.2. The van der Waals surface area contributed by atoms with E-state index in [1.54, 1.807) is 0 Å². The summed E-state index contributed by atoms with van der Waals surface area (Å²) in [5.74, 6) is 0. The SMILES string of the molecule is CC(/C=C/c1ccccc1)=NC/C=C\C=C/C(C)N=C(C)/C=C/c1ccccc1. The average Bonchev–Trinajstić information content (AvgIpc) is 2.74. The maximum atomic E-state index is 4.66. The van der Waals surface area contributed by atoms with Crippen LogP contribution >= 0.6 is 0 Å². The molecule has 1 unspecified atom stereocenters. The fourth-order valence-electron chi connectivity index (χ4n) is 2.58. The van der Waals surface area contributed by atoms with Gasteiger partial charge >= 0.3 is 0 Å². The van der Waals surface area contributed by atoms with Gasteiger partial charge in [-0.2, -0.15) is 0 Å². The molecule has 0 aliphatic carbocycles. The van der Waals surface area contributed by atoms with Crippen molar-refractivity contribution in [1.82, 2.24) is 0 Å². The van der Waals surface area contributed by atoms with Gasteiger partial charge in [0.25, 0.3) is 0 Å². The zero-order valence-electron chi connectivity index (χ0n) is 17.6. The quantitative estimate of drug-likeness (QED) is 0.335. The van der Waals surface area contributed by atoms with Crippen molar-refractivity contribution in [3.05, 3.63) is 108 Å². The first-order chi connectivity index (χ1) is 14.1. The van der Waals surface area contributed by atoms with Crippen molar-refractivity contribution in [2.45, 2.75) is 26.8 Å². The molecule has 0 aliphatic heterocycles. The normalized spacial score (nSPS) is 14.6. The van der Waals surface area contributed by atoms with E-state index in [2.05, 4.69) is 71.6 Å². The van der Waals surface area contributed by atoms with E-state index in [-0.39, 0.29) is 6.04 Å². The van der Waals surface area contributed by atoms with Crippen molar-refractivity contribution in [3.63, 3.8) is 0 Å². The molecule has 29 heavy (non-hydrogen) atoms. The summed E-state index contributed by atoms with van der Waals surface area (Å²) in [4.78, 5) is 9.19. The van der Waals surface area contributed by atoms with Gasteiger partial charge in [-0.15, -0.1) is 0 Å². The lowest BCUT2D eigenvalue weighted by Gasteiger charge is -2.00. The predicted molar refractivity (Wildman–Crippen MR) is 130 cm³/mol. The number of nitrogens with zero attached hydrogens (tertiary/aromatic N) is 2.